The zero-order valence-electron chi connectivity index (χ0n) is 6.75. The van der Waals surface area contributed by atoms with E-state index in [2.05, 4.69) is 4.43 Å². The Bertz CT molecular complexity index is 335. The summed E-state index contributed by atoms with van der Waals surface area (Å²) in [7, 11) is -4.14. The molecular weight excluding hydrogens is 230 g/mol. The predicted molar refractivity (Wildman–Crippen MR) is 49.8 cm³/mol. The Hall–Kier alpha value is -1.15. The average Bonchev–Trinajstić information content (AvgIpc) is 2.02. The highest BCUT2D eigenvalue weighted by Gasteiger charge is 2.32. The van der Waals surface area contributed by atoms with Gasteiger partial charge in [0.25, 0.3) is 5.69 Å². The number of nitrogens with zero attached hydrogens (tertiary/aromatic N) is 1. The van der Waals surface area contributed by atoms with E-state index in [0.717, 1.165) is 0 Å². The Balaban J connectivity index is 2.79. The van der Waals surface area contributed by atoms with Crippen LogP contribution < -0.4 is 4.43 Å². The first-order valence-corrected chi connectivity index (χ1v) is 6.27. The van der Waals surface area contributed by atoms with Gasteiger partial charge in [0.2, 0.25) is 0 Å². The van der Waals surface area contributed by atoms with Gasteiger partial charge in [-0.2, -0.15) is 0 Å². The molecule has 0 saturated carbocycles. The number of hydrogen-bond acceptors (Lipinski definition) is 5. The highest BCUT2D eigenvalue weighted by molar-refractivity contribution is 7.07. The molecule has 1 rings (SSSR count). The van der Waals surface area contributed by atoms with Gasteiger partial charge in [-0.3, -0.25) is 10.1 Å². The normalized spacial score (nSPS) is 11.1. The highest BCUT2D eigenvalue weighted by atomic mass is 35.6. The van der Waals surface area contributed by atoms with Crippen LogP contribution in [0.3, 0.4) is 0 Å². The molecule has 0 aliphatic heterocycles. The maximum Gasteiger partial charge on any atom is 0.674 e. The van der Waals surface area contributed by atoms with Crippen molar-refractivity contribution in [2.45, 2.75) is 0 Å². The third-order valence-corrected chi connectivity index (χ3v) is 2.02. The van der Waals surface area contributed by atoms with Crippen LogP contribution in [-0.2, 0) is 0 Å². The SMILES string of the molecule is O=[N+]([O-])c1ccc(O[Si](O)(O)Cl)cc1. The van der Waals surface area contributed by atoms with Crippen LogP contribution in [0, 0.1) is 10.1 Å². The smallest absolute Gasteiger partial charge is 0.490 e. The van der Waals surface area contributed by atoms with Crippen molar-refractivity contribution in [3.63, 3.8) is 0 Å². The topological polar surface area (TPSA) is 92.8 Å². The van der Waals surface area contributed by atoms with Gasteiger partial charge in [0.15, 0.2) is 0 Å². The van der Waals surface area contributed by atoms with Crippen molar-refractivity contribution in [2.75, 3.05) is 0 Å². The fraction of sp³-hybridized carbons (Fsp3) is 0. The molecule has 0 aliphatic rings. The molecule has 0 fully saturated rings. The molecule has 0 amide bonds. The van der Waals surface area contributed by atoms with Crippen molar-refractivity contribution in [1.29, 1.82) is 0 Å². The van der Waals surface area contributed by atoms with Gasteiger partial charge >= 0.3 is 8.11 Å². The quantitative estimate of drug-likeness (QED) is 0.347. The van der Waals surface area contributed by atoms with Gasteiger partial charge < -0.3 is 14.0 Å². The number of nitro groups is 1. The number of rotatable bonds is 3. The summed E-state index contributed by atoms with van der Waals surface area (Å²) in [6, 6.07) is 4.81. The van der Waals surface area contributed by atoms with E-state index in [1.165, 1.54) is 24.3 Å². The largest absolute Gasteiger partial charge is 0.674 e. The van der Waals surface area contributed by atoms with Gasteiger partial charge in [-0.1, -0.05) is 11.1 Å². The molecule has 8 heteroatoms. The second-order valence-electron chi connectivity index (χ2n) is 2.38. The summed E-state index contributed by atoms with van der Waals surface area (Å²) in [5.41, 5.74) is -0.116. The molecule has 0 aliphatic carbocycles. The standard InChI is InChI=1S/C6H6ClNO5Si/c7-14(11,12)13-6-3-1-5(2-4-6)8(9)10/h1-4,11-12H. The fourth-order valence-corrected chi connectivity index (χ4v) is 1.49. The first-order chi connectivity index (χ1) is 6.38. The second-order valence-corrected chi connectivity index (χ2v) is 5.12. The lowest BCUT2D eigenvalue weighted by Gasteiger charge is -2.10. The van der Waals surface area contributed by atoms with E-state index < -0.39 is 13.0 Å². The Labute approximate surface area is 84.5 Å². The van der Waals surface area contributed by atoms with E-state index in [0.29, 0.717) is 0 Å². The summed E-state index contributed by atoms with van der Waals surface area (Å²) in [5.74, 6) is 0.0715. The fourth-order valence-electron chi connectivity index (χ4n) is 0.786. The summed E-state index contributed by atoms with van der Waals surface area (Å²) in [6.07, 6.45) is 0. The molecule has 0 heterocycles. The van der Waals surface area contributed by atoms with Crippen LogP contribution in [0.4, 0.5) is 5.69 Å². The first-order valence-electron chi connectivity index (χ1n) is 3.45. The zero-order valence-corrected chi connectivity index (χ0v) is 8.51. The number of hydrogen-bond donors (Lipinski definition) is 2. The van der Waals surface area contributed by atoms with Crippen LogP contribution >= 0.6 is 11.1 Å². The molecule has 14 heavy (non-hydrogen) atoms. The summed E-state index contributed by atoms with van der Waals surface area (Å²) < 4.78 is 4.53. The van der Waals surface area contributed by atoms with E-state index in [4.69, 9.17) is 20.7 Å². The molecule has 0 bridgehead atoms. The zero-order chi connectivity index (χ0) is 10.8. The molecule has 0 saturated heterocycles. The Morgan fingerprint density at radius 1 is 1.36 bits per heavy atom. The maximum absolute atomic E-state index is 10.2. The summed E-state index contributed by atoms with van der Waals surface area (Å²) >= 11 is 5.06. The molecule has 0 aromatic heterocycles. The average molecular weight is 236 g/mol. The molecule has 0 spiro atoms. The van der Waals surface area contributed by atoms with Gasteiger partial charge in [-0.05, 0) is 12.1 Å². The number of non-ortho nitro benzene ring substituents is 1. The van der Waals surface area contributed by atoms with Gasteiger partial charge in [0.05, 0.1) is 4.92 Å². The van der Waals surface area contributed by atoms with Gasteiger partial charge in [-0.25, -0.2) is 0 Å². The van der Waals surface area contributed by atoms with Crippen LogP contribution in [0.2, 0.25) is 0 Å². The molecule has 1 aromatic rings. The monoisotopic (exact) mass is 235 g/mol. The van der Waals surface area contributed by atoms with Gasteiger partial charge in [-0.15, -0.1) is 0 Å². The molecule has 76 valence electrons. The van der Waals surface area contributed by atoms with Crippen LogP contribution in [0.25, 0.3) is 0 Å². The van der Waals surface area contributed by atoms with Crippen LogP contribution in [0.5, 0.6) is 5.75 Å². The van der Waals surface area contributed by atoms with Crippen LogP contribution in [0.15, 0.2) is 24.3 Å². The Kier molecular flexibility index (Phi) is 3.06. The number of benzene rings is 1. The van der Waals surface area contributed by atoms with E-state index in [1.54, 1.807) is 0 Å². The maximum atomic E-state index is 10.2. The lowest BCUT2D eigenvalue weighted by molar-refractivity contribution is -0.384. The van der Waals surface area contributed by atoms with Crippen molar-refractivity contribution >= 4 is 24.9 Å². The first kappa shape index (κ1) is 10.9. The van der Waals surface area contributed by atoms with E-state index in [9.17, 15) is 10.1 Å². The van der Waals surface area contributed by atoms with Crippen LogP contribution in [0.1, 0.15) is 0 Å². The number of nitro benzene ring substituents is 1. The van der Waals surface area contributed by atoms with Crippen LogP contribution in [-0.4, -0.2) is 22.6 Å². The summed E-state index contributed by atoms with van der Waals surface area (Å²) in [4.78, 5) is 27.2. The van der Waals surface area contributed by atoms with Crippen molar-refractivity contribution in [3.8, 4) is 5.75 Å². The lowest BCUT2D eigenvalue weighted by atomic mass is 10.3. The predicted octanol–water partition coefficient (Wildman–Crippen LogP) is 0.633. The van der Waals surface area contributed by atoms with Crippen molar-refractivity contribution in [3.05, 3.63) is 34.4 Å². The number of halogens is 1. The minimum atomic E-state index is -4.14. The minimum absolute atomic E-state index is 0.0715. The Morgan fingerprint density at radius 2 is 1.86 bits per heavy atom. The molecule has 6 nitrogen and oxygen atoms in total. The van der Waals surface area contributed by atoms with Crippen molar-refractivity contribution < 1.29 is 18.9 Å². The molecule has 0 radical (unpaired) electrons. The van der Waals surface area contributed by atoms with Crippen molar-refractivity contribution in [1.82, 2.24) is 0 Å². The van der Waals surface area contributed by atoms with Crippen molar-refractivity contribution in [2.24, 2.45) is 0 Å². The molecule has 0 atom stereocenters. The molecule has 2 N–H and O–H groups in total. The Morgan fingerprint density at radius 3 is 2.21 bits per heavy atom. The molecule has 1 aromatic carbocycles. The third-order valence-electron chi connectivity index (χ3n) is 1.30. The van der Waals surface area contributed by atoms with Gasteiger partial charge in [0, 0.05) is 12.1 Å². The van der Waals surface area contributed by atoms with E-state index in [1.807, 2.05) is 0 Å². The van der Waals surface area contributed by atoms with E-state index in [-0.39, 0.29) is 11.4 Å². The minimum Gasteiger partial charge on any atom is -0.490 e. The second kappa shape index (κ2) is 3.92. The highest BCUT2D eigenvalue weighted by Crippen LogP contribution is 2.19. The summed E-state index contributed by atoms with van der Waals surface area (Å²) in [6.45, 7) is 0. The van der Waals surface area contributed by atoms with E-state index >= 15 is 0 Å². The summed E-state index contributed by atoms with van der Waals surface area (Å²) in [5, 5.41) is 10.2. The molecule has 0 unspecified atom stereocenters. The third kappa shape index (κ3) is 3.30. The molecular formula is C6H6ClNO5Si. The lowest BCUT2D eigenvalue weighted by Crippen LogP contribution is -2.35. The van der Waals surface area contributed by atoms with Gasteiger partial charge in [0.1, 0.15) is 5.75 Å².